The molecule has 0 spiro atoms. The number of carbonyl (C=O) groups is 5. The van der Waals surface area contributed by atoms with Crippen LogP contribution in [0.2, 0.25) is 0 Å². The number of nitrogens with two attached hydrogens (primary N) is 4. The smallest absolute Gasteiger partial charge is 0.410 e. The van der Waals surface area contributed by atoms with Crippen LogP contribution in [0.3, 0.4) is 0 Å². The third-order valence-corrected chi connectivity index (χ3v) is 28.1. The Kier molecular flexibility index (Phi) is 26.8. The van der Waals surface area contributed by atoms with Crippen molar-refractivity contribution in [1.82, 2.24) is 29.5 Å². The summed E-state index contributed by atoms with van der Waals surface area (Å²) in [6.07, 6.45) is 5.79. The van der Waals surface area contributed by atoms with Gasteiger partial charge in [-0.05, 0) is 214 Å². The van der Waals surface area contributed by atoms with Crippen LogP contribution in [-0.2, 0) is 59.1 Å². The van der Waals surface area contributed by atoms with E-state index in [1.165, 1.54) is 59.8 Å². The number of thiophene rings is 4. The van der Waals surface area contributed by atoms with Crippen LogP contribution in [0.1, 0.15) is 135 Å². The topological polar surface area (TPSA) is 420 Å². The van der Waals surface area contributed by atoms with Gasteiger partial charge in [0.25, 0.3) is 0 Å². The van der Waals surface area contributed by atoms with E-state index in [4.69, 9.17) is 58.4 Å². The molecule has 26 nitrogen and oxygen atoms in total. The molecule has 16 rings (SSSR count). The first-order valence-electron chi connectivity index (χ1n) is 40.1. The number of ether oxygens (including phenoxy) is 1. The van der Waals surface area contributed by atoms with E-state index in [0.717, 1.165) is 92.7 Å². The normalized spacial score (nSPS) is 20.9. The quantitative estimate of drug-likeness (QED) is 0.0740. The van der Waals surface area contributed by atoms with Crippen molar-refractivity contribution in [3.05, 3.63) is 285 Å². The SMILES string of the molecule is CN1C(=O)C[C@@](C)(c2cc(-c3cccc(CCC#N)c3)cs2)N=C1N.CN1C(=O)[C@@H](C2CCN(C(=O)OCc3ccccc3)CC2)[C@@](C)(c2cc(-c3cncc(C#N)c3)cs2)N=C1N.CN1C(=O)[C@@H](c2ccc(C#N)cc2)[C@@](C)(c2cc(-c3cccc(C#N)c3)cs2)N=C1N.CN1C(=O)[C@H](c2ccc(C#N)cc2)[C@@](C)(c2cc(-c3cccc(C#N)c3)cs2)N=C1N. The lowest BCUT2D eigenvalue weighted by Gasteiger charge is -2.45. The van der Waals surface area contributed by atoms with E-state index in [1.807, 2.05) is 141 Å². The molecule has 11 aromatic rings. The van der Waals surface area contributed by atoms with Crippen molar-refractivity contribution in [2.45, 2.75) is 100 Å². The number of aryl methyl sites for hydroxylation is 1. The predicted molar refractivity (Wildman–Crippen MR) is 489 cm³/mol. The van der Waals surface area contributed by atoms with Crippen LogP contribution >= 0.6 is 45.3 Å². The third kappa shape index (κ3) is 18.8. The Bertz CT molecular complexity index is 6200. The molecule has 5 aromatic heterocycles. The molecule has 0 unspecified atom stereocenters. The number of carbonyl (C=O) groups excluding carboxylic acids is 5. The van der Waals surface area contributed by atoms with E-state index in [0.29, 0.717) is 66.6 Å². The maximum Gasteiger partial charge on any atom is 0.410 e. The first-order chi connectivity index (χ1) is 60.5. The fraction of sp³-hybridized carbons (Fsp3) is 0.250. The number of guanidine groups is 4. The maximum atomic E-state index is 13.7. The van der Waals surface area contributed by atoms with Crippen LogP contribution in [0.25, 0.3) is 44.5 Å². The number of likely N-dealkylation sites (N-methyl/N-ethyl adjacent to an activating group) is 2. The molecule has 8 N–H and O–H groups in total. The molecular weight excluding hydrogens is 1660 g/mol. The molecule has 0 radical (unpaired) electrons. The lowest BCUT2D eigenvalue weighted by atomic mass is 9.70. The Morgan fingerprint density at radius 3 is 1.33 bits per heavy atom. The summed E-state index contributed by atoms with van der Waals surface area (Å²) in [7, 11) is 6.53. The molecule has 0 aliphatic carbocycles. The molecule has 7 atom stereocenters. The Labute approximate surface area is 746 Å². The van der Waals surface area contributed by atoms with Crippen LogP contribution in [0.4, 0.5) is 4.79 Å². The molecule has 30 heteroatoms. The van der Waals surface area contributed by atoms with Gasteiger partial charge in [0.15, 0.2) is 23.8 Å². The molecular formula is C96H88N20O6S4. The van der Waals surface area contributed by atoms with Gasteiger partial charge in [0.1, 0.15) is 34.8 Å². The van der Waals surface area contributed by atoms with E-state index in [1.54, 1.807) is 117 Å². The summed E-state index contributed by atoms with van der Waals surface area (Å²) in [5.74, 6) is -1.23. The van der Waals surface area contributed by atoms with E-state index in [9.17, 15) is 39.8 Å². The highest BCUT2D eigenvalue weighted by Crippen LogP contribution is 2.51. The molecule has 126 heavy (non-hydrogen) atoms. The number of rotatable bonds is 15. The number of piperidine rings is 1. The monoisotopic (exact) mass is 1740 g/mol. The molecule has 1 saturated heterocycles. The van der Waals surface area contributed by atoms with Crippen molar-refractivity contribution >= 4 is 98.9 Å². The summed E-state index contributed by atoms with van der Waals surface area (Å²) in [6.45, 7) is 8.97. The number of amides is 5. The summed E-state index contributed by atoms with van der Waals surface area (Å²) < 4.78 is 5.52. The number of hydrogen-bond acceptors (Lipinski definition) is 25. The van der Waals surface area contributed by atoms with Crippen molar-refractivity contribution in [2.24, 2.45) is 54.7 Å². The zero-order chi connectivity index (χ0) is 89.9. The molecule has 6 aromatic carbocycles. The number of benzene rings is 6. The van der Waals surface area contributed by atoms with Gasteiger partial charge in [0, 0.05) is 85.2 Å². The average Bonchev–Trinajstić information content (AvgIpc) is 1.33. The van der Waals surface area contributed by atoms with E-state index in [2.05, 4.69) is 70.0 Å². The second kappa shape index (κ2) is 37.9. The highest BCUT2D eigenvalue weighted by molar-refractivity contribution is 7.11. The minimum atomic E-state index is -0.905. The van der Waals surface area contributed by atoms with Gasteiger partial charge in [0.05, 0.1) is 82.3 Å². The molecule has 1 fully saturated rings. The van der Waals surface area contributed by atoms with Gasteiger partial charge in [0.2, 0.25) is 23.6 Å². The molecule has 10 heterocycles. The summed E-state index contributed by atoms with van der Waals surface area (Å²) in [6, 6.07) is 69.4. The molecule has 632 valence electrons. The Morgan fingerprint density at radius 2 is 0.849 bits per heavy atom. The van der Waals surface area contributed by atoms with Gasteiger partial charge in [-0.15, -0.1) is 45.3 Å². The van der Waals surface area contributed by atoms with Crippen LogP contribution in [-0.4, -0.2) is 124 Å². The Morgan fingerprint density at radius 1 is 0.437 bits per heavy atom. The van der Waals surface area contributed by atoms with Crippen molar-refractivity contribution in [1.29, 1.82) is 31.6 Å². The van der Waals surface area contributed by atoms with Crippen LogP contribution in [0.5, 0.6) is 0 Å². The van der Waals surface area contributed by atoms with Gasteiger partial charge in [-0.2, -0.15) is 31.6 Å². The van der Waals surface area contributed by atoms with Gasteiger partial charge in [-0.25, -0.2) is 24.8 Å². The third-order valence-electron chi connectivity index (χ3n) is 23.4. The molecule has 0 bridgehead atoms. The largest absolute Gasteiger partial charge is 0.445 e. The number of nitrogens with zero attached hydrogens (tertiary/aromatic N) is 16. The zero-order valence-electron chi connectivity index (χ0n) is 70.3. The summed E-state index contributed by atoms with van der Waals surface area (Å²) in [5, 5.41) is 62.7. The minimum absolute atomic E-state index is 0.00843. The van der Waals surface area contributed by atoms with E-state index < -0.39 is 39.9 Å². The van der Waals surface area contributed by atoms with Crippen molar-refractivity contribution < 1.29 is 28.7 Å². The van der Waals surface area contributed by atoms with Crippen LogP contribution in [0, 0.1) is 79.8 Å². The molecule has 5 aliphatic heterocycles. The fourth-order valence-corrected chi connectivity index (χ4v) is 20.3. The van der Waals surface area contributed by atoms with E-state index in [-0.39, 0.29) is 66.1 Å². The zero-order valence-corrected chi connectivity index (χ0v) is 73.6. The first kappa shape index (κ1) is 89.0. The number of nitriles is 6. The predicted octanol–water partition coefficient (Wildman–Crippen LogP) is 15.5. The second-order valence-corrected chi connectivity index (χ2v) is 35.4. The summed E-state index contributed by atoms with van der Waals surface area (Å²) in [5.41, 5.74) is 35.1. The summed E-state index contributed by atoms with van der Waals surface area (Å²) >= 11 is 6.12. The average molecular weight is 1750 g/mol. The number of aliphatic imine (C=N–C) groups is 4. The van der Waals surface area contributed by atoms with Gasteiger partial charge >= 0.3 is 6.09 Å². The van der Waals surface area contributed by atoms with Crippen LogP contribution < -0.4 is 22.9 Å². The minimum Gasteiger partial charge on any atom is -0.445 e. The van der Waals surface area contributed by atoms with Gasteiger partial charge < -0.3 is 32.6 Å². The van der Waals surface area contributed by atoms with Gasteiger partial charge in [-0.1, -0.05) is 103 Å². The van der Waals surface area contributed by atoms with Crippen LogP contribution in [0.15, 0.2) is 236 Å². The highest BCUT2D eigenvalue weighted by Gasteiger charge is 2.53. The lowest BCUT2D eigenvalue weighted by Crippen LogP contribution is -2.57. The molecule has 5 amide bonds. The first-order valence-corrected chi connectivity index (χ1v) is 43.6. The second-order valence-electron chi connectivity index (χ2n) is 31.7. The summed E-state index contributed by atoms with van der Waals surface area (Å²) in [4.78, 5) is 99.3. The fourth-order valence-electron chi connectivity index (χ4n) is 16.1. The maximum absolute atomic E-state index is 13.7. The van der Waals surface area contributed by atoms with E-state index >= 15 is 0 Å². The Hall–Kier alpha value is -14.8. The lowest BCUT2D eigenvalue weighted by molar-refractivity contribution is -0.137. The molecule has 5 aliphatic rings. The van der Waals surface area contributed by atoms with Crippen molar-refractivity contribution in [3.8, 4) is 80.9 Å². The number of aromatic nitrogens is 1. The molecule has 0 saturated carbocycles. The number of pyridine rings is 1. The standard InChI is InChI=1S/C29H30N6O3S.2C24H19N5OS.C19H20N4OS/c1-29(24-13-23(18-39-24)22-12-20(14-30)15-32-16-22)25(26(36)34(2)27(31)33-29)21-8-10-35(11-9-21)28(37)38-17-19-6-4-3-5-7-19;2*1-24(20-11-19(14-31-20)18-5-3-4-16(10-18)13-26)21(22(30)29(2)23(27)28-24)17-8-6-15(12-25)7-9-17;1-19(11-17(24)23(2)18(21)22-19)16-10-15(12-25-16)14-7-3-5-13(9-14)6-4-8-20/h3-7,12-13,15-16,18,21,25H,8-11,17H2,1-2H3,(H2,31,33);2*3-11,14,21H,1-2H3,(H2,27,28);3,5,7,9-10,12H,4,6,11H2,1-2H3,(H2,21,22)/t25-,29-;21-,24+;21-,24-;19-/m1010/s1. The van der Waals surface area contributed by atoms with Crippen molar-refractivity contribution in [3.63, 3.8) is 0 Å². The number of likely N-dealkylation sites (tertiary alicyclic amines) is 1. The Balaban J connectivity index is 0.000000146. The van der Waals surface area contributed by atoms with Crippen molar-refractivity contribution in [2.75, 3.05) is 41.3 Å². The highest BCUT2D eigenvalue weighted by atomic mass is 32.1. The van der Waals surface area contributed by atoms with Gasteiger partial charge in [-0.3, -0.25) is 43.8 Å². The number of hydrogen-bond donors (Lipinski definition) is 4.